The van der Waals surface area contributed by atoms with Crippen molar-refractivity contribution in [1.82, 2.24) is 9.80 Å². The van der Waals surface area contributed by atoms with Gasteiger partial charge in [-0.25, -0.2) is 0 Å². The van der Waals surface area contributed by atoms with Crippen LogP contribution in [0.4, 0.5) is 0 Å². The third-order valence-electron chi connectivity index (χ3n) is 3.59. The predicted molar refractivity (Wildman–Crippen MR) is 101 cm³/mol. The molecule has 0 spiro atoms. The Morgan fingerprint density at radius 1 is 0.833 bits per heavy atom. The van der Waals surface area contributed by atoms with Gasteiger partial charge < -0.3 is 21.3 Å². The van der Waals surface area contributed by atoms with Crippen LogP contribution in [0.5, 0.6) is 0 Å². The summed E-state index contributed by atoms with van der Waals surface area (Å²) in [4.78, 5) is 25.5. The van der Waals surface area contributed by atoms with Crippen molar-refractivity contribution in [2.24, 2.45) is 11.5 Å². The quantitative estimate of drug-likeness (QED) is 0.590. The Labute approximate surface area is 147 Å². The summed E-state index contributed by atoms with van der Waals surface area (Å²) in [5.74, 6) is -0.650. The molecule has 0 saturated carbocycles. The van der Waals surface area contributed by atoms with Gasteiger partial charge in [0.15, 0.2) is 0 Å². The summed E-state index contributed by atoms with van der Waals surface area (Å²) < 4.78 is 0. The van der Waals surface area contributed by atoms with Crippen LogP contribution < -0.4 is 11.5 Å². The summed E-state index contributed by atoms with van der Waals surface area (Å²) in [5.41, 5.74) is 11.4. The highest BCUT2D eigenvalue weighted by molar-refractivity contribution is 5.91. The zero-order valence-corrected chi connectivity index (χ0v) is 16.3. The summed E-state index contributed by atoms with van der Waals surface area (Å²) in [5, 5.41) is 0. The van der Waals surface area contributed by atoms with Crippen LogP contribution >= 0.6 is 0 Å². The van der Waals surface area contributed by atoms with Crippen LogP contribution in [0.2, 0.25) is 0 Å². The number of carbonyl (C=O) groups excluding carboxylic acids is 2. The van der Waals surface area contributed by atoms with Crippen molar-refractivity contribution in [3.05, 3.63) is 23.3 Å². The van der Waals surface area contributed by atoms with E-state index in [4.69, 9.17) is 11.5 Å². The predicted octanol–water partition coefficient (Wildman–Crippen LogP) is 1.52. The third-order valence-corrected chi connectivity index (χ3v) is 3.59. The minimum atomic E-state index is -0.330. The van der Waals surface area contributed by atoms with Crippen LogP contribution in [0.15, 0.2) is 23.3 Å². The zero-order chi connectivity index (χ0) is 19.1. The minimum Gasteiger partial charge on any atom is -0.366 e. The molecule has 2 amide bonds. The van der Waals surface area contributed by atoms with Crippen molar-refractivity contribution in [3.8, 4) is 0 Å². The Bertz CT molecular complexity index is 425. The molecular formula is C18H36N4O2. The average molecular weight is 341 g/mol. The molecule has 0 aromatic heterocycles. The zero-order valence-electron chi connectivity index (χ0n) is 16.3. The lowest BCUT2D eigenvalue weighted by atomic mass is 10.2. The number of primary amides is 2. The number of rotatable bonds is 10. The molecule has 0 fully saturated rings. The Balaban J connectivity index is 0. The highest BCUT2D eigenvalue weighted by Crippen LogP contribution is 1.97. The first-order valence-corrected chi connectivity index (χ1v) is 8.45. The molecule has 6 heteroatoms. The maximum absolute atomic E-state index is 10.7. The molecule has 0 atom stereocenters. The average Bonchev–Trinajstić information content (AvgIpc) is 2.51. The Kier molecular flexibility index (Phi) is 15.3. The van der Waals surface area contributed by atoms with Crippen LogP contribution in [0.3, 0.4) is 0 Å². The first-order chi connectivity index (χ1) is 11.1. The monoisotopic (exact) mass is 340 g/mol. The lowest BCUT2D eigenvalue weighted by molar-refractivity contribution is -0.115. The second-order valence-corrected chi connectivity index (χ2v) is 5.91. The van der Waals surface area contributed by atoms with E-state index in [2.05, 4.69) is 23.6 Å². The fraction of sp³-hybridized carbons (Fsp3) is 0.667. The summed E-state index contributed by atoms with van der Waals surface area (Å²) in [6, 6.07) is 0. The summed E-state index contributed by atoms with van der Waals surface area (Å²) >= 11 is 0. The smallest absolute Gasteiger partial charge is 0.244 e. The van der Waals surface area contributed by atoms with Gasteiger partial charge in [0.2, 0.25) is 11.8 Å². The molecular weight excluding hydrogens is 304 g/mol. The molecule has 140 valence electrons. The van der Waals surface area contributed by atoms with E-state index in [0.29, 0.717) is 11.1 Å². The van der Waals surface area contributed by atoms with Gasteiger partial charge in [-0.2, -0.15) is 0 Å². The van der Waals surface area contributed by atoms with Crippen molar-refractivity contribution in [3.63, 3.8) is 0 Å². The molecule has 0 aliphatic heterocycles. The summed E-state index contributed by atoms with van der Waals surface area (Å²) in [6.45, 7) is 11.8. The maximum atomic E-state index is 10.7. The van der Waals surface area contributed by atoms with Gasteiger partial charge in [0.1, 0.15) is 0 Å². The van der Waals surface area contributed by atoms with Crippen LogP contribution in [0, 0.1) is 0 Å². The van der Waals surface area contributed by atoms with Gasteiger partial charge in [0.25, 0.3) is 0 Å². The first-order valence-electron chi connectivity index (χ1n) is 8.45. The van der Waals surface area contributed by atoms with Crippen LogP contribution in [-0.4, -0.2) is 61.9 Å². The van der Waals surface area contributed by atoms with Gasteiger partial charge in [-0.15, -0.1) is 0 Å². The molecule has 0 aromatic carbocycles. The minimum absolute atomic E-state index is 0.320. The highest BCUT2D eigenvalue weighted by Gasteiger charge is 1.99. The highest BCUT2D eigenvalue weighted by atomic mass is 16.1. The largest absolute Gasteiger partial charge is 0.366 e. The fourth-order valence-corrected chi connectivity index (χ4v) is 1.74. The normalized spacial score (nSPS) is 12.2. The summed E-state index contributed by atoms with van der Waals surface area (Å²) in [6.07, 6.45) is 5.54. The molecule has 0 unspecified atom stereocenters. The van der Waals surface area contributed by atoms with Crippen LogP contribution in [0.25, 0.3) is 0 Å². The standard InChI is InChI=1S/C10H20N2O.C8H16N2O/c1-4-12(5-2)8-6-7-9(3)10(11)13;1-7(8(9)11)5-4-6-10(2)3/h7H,4-6,8H2,1-3H3,(H2,11,13);5H,4,6H2,1-3H3,(H2,9,11). The number of amides is 2. The second-order valence-electron chi connectivity index (χ2n) is 5.91. The van der Waals surface area contributed by atoms with Crippen molar-refractivity contribution in [2.45, 2.75) is 40.5 Å². The molecule has 0 aromatic rings. The Morgan fingerprint density at radius 3 is 1.50 bits per heavy atom. The van der Waals surface area contributed by atoms with Gasteiger partial charge in [0.05, 0.1) is 0 Å². The number of nitrogens with zero attached hydrogens (tertiary/aromatic N) is 2. The van der Waals surface area contributed by atoms with E-state index in [9.17, 15) is 9.59 Å². The van der Waals surface area contributed by atoms with Crippen molar-refractivity contribution < 1.29 is 9.59 Å². The number of carbonyl (C=O) groups is 2. The Hall–Kier alpha value is -1.66. The van der Waals surface area contributed by atoms with E-state index in [1.165, 1.54) is 0 Å². The molecule has 6 nitrogen and oxygen atoms in total. The molecule has 0 rings (SSSR count). The van der Waals surface area contributed by atoms with E-state index in [1.807, 2.05) is 26.2 Å². The number of nitrogens with two attached hydrogens (primary N) is 2. The van der Waals surface area contributed by atoms with E-state index >= 15 is 0 Å². The lowest BCUT2D eigenvalue weighted by Gasteiger charge is -2.16. The van der Waals surface area contributed by atoms with Gasteiger partial charge in [-0.1, -0.05) is 26.0 Å². The van der Waals surface area contributed by atoms with Crippen LogP contribution in [-0.2, 0) is 9.59 Å². The molecule has 0 aliphatic carbocycles. The molecule has 0 bridgehead atoms. The lowest BCUT2D eigenvalue weighted by Crippen LogP contribution is -2.23. The maximum Gasteiger partial charge on any atom is 0.244 e. The topological polar surface area (TPSA) is 92.7 Å². The third kappa shape index (κ3) is 15.2. The second kappa shape index (κ2) is 14.9. The van der Waals surface area contributed by atoms with Crippen molar-refractivity contribution >= 4 is 11.8 Å². The Morgan fingerprint density at radius 2 is 1.21 bits per heavy atom. The van der Waals surface area contributed by atoms with Crippen molar-refractivity contribution in [1.29, 1.82) is 0 Å². The van der Waals surface area contributed by atoms with Gasteiger partial charge >= 0.3 is 0 Å². The molecule has 0 radical (unpaired) electrons. The van der Waals surface area contributed by atoms with Crippen molar-refractivity contribution in [2.75, 3.05) is 40.3 Å². The van der Waals surface area contributed by atoms with E-state index in [1.54, 1.807) is 13.8 Å². The number of hydrogen-bond donors (Lipinski definition) is 2. The summed E-state index contributed by atoms with van der Waals surface area (Å²) in [7, 11) is 3.99. The van der Waals surface area contributed by atoms with Gasteiger partial charge in [-0.05, 0) is 53.9 Å². The van der Waals surface area contributed by atoms with E-state index in [-0.39, 0.29) is 11.8 Å². The van der Waals surface area contributed by atoms with Gasteiger partial charge in [0, 0.05) is 24.2 Å². The van der Waals surface area contributed by atoms with Gasteiger partial charge in [-0.3, -0.25) is 9.59 Å². The molecule has 0 heterocycles. The fourth-order valence-electron chi connectivity index (χ4n) is 1.74. The van der Waals surface area contributed by atoms with E-state index < -0.39 is 0 Å². The molecule has 0 aliphatic rings. The molecule has 24 heavy (non-hydrogen) atoms. The first kappa shape index (κ1) is 24.6. The molecule has 0 saturated heterocycles. The number of hydrogen-bond acceptors (Lipinski definition) is 4. The van der Waals surface area contributed by atoms with Crippen LogP contribution in [0.1, 0.15) is 40.5 Å². The SMILES string of the molecule is CC(=CCCN(C)C)C(N)=O.CCN(CC)CCC=C(C)C(N)=O. The van der Waals surface area contributed by atoms with E-state index in [0.717, 1.165) is 39.0 Å². The molecule has 4 N–H and O–H groups in total.